The van der Waals surface area contributed by atoms with Crippen LogP contribution in [0, 0.1) is 11.8 Å². The molecule has 0 fully saturated rings. The quantitative estimate of drug-likeness (QED) is 0.617. The van der Waals surface area contributed by atoms with Crippen LogP contribution in [-0.2, 0) is 6.42 Å². The van der Waals surface area contributed by atoms with E-state index >= 15 is 0 Å². The number of rotatable bonds is 6. The Labute approximate surface area is 115 Å². The second-order valence-electron chi connectivity index (χ2n) is 5.04. The molecule has 0 aliphatic rings. The molecule has 0 aliphatic heterocycles. The Morgan fingerprint density at radius 3 is 2.50 bits per heavy atom. The Bertz CT molecular complexity index is 382. The van der Waals surface area contributed by atoms with Gasteiger partial charge < -0.3 is 4.74 Å². The van der Waals surface area contributed by atoms with Gasteiger partial charge in [0.25, 0.3) is 0 Å². The summed E-state index contributed by atoms with van der Waals surface area (Å²) in [4.78, 5) is 0. The highest BCUT2D eigenvalue weighted by atomic mass is 35.5. The highest BCUT2D eigenvalue weighted by Crippen LogP contribution is 2.26. The lowest BCUT2D eigenvalue weighted by Gasteiger charge is -2.27. The molecule has 18 heavy (non-hydrogen) atoms. The second-order valence-corrected chi connectivity index (χ2v) is 5.47. The molecule has 0 heterocycles. The van der Waals surface area contributed by atoms with E-state index in [-0.39, 0.29) is 6.04 Å². The van der Waals surface area contributed by atoms with E-state index in [0.29, 0.717) is 11.8 Å². The van der Waals surface area contributed by atoms with Crippen molar-refractivity contribution >= 4 is 11.6 Å². The predicted octanol–water partition coefficient (Wildman–Crippen LogP) is 3.02. The maximum atomic E-state index is 6.04. The third-order valence-corrected chi connectivity index (χ3v) is 3.82. The van der Waals surface area contributed by atoms with Crippen LogP contribution in [0.25, 0.3) is 0 Å². The summed E-state index contributed by atoms with van der Waals surface area (Å²) >= 11 is 6.04. The summed E-state index contributed by atoms with van der Waals surface area (Å²) in [6, 6.07) is 5.88. The van der Waals surface area contributed by atoms with Crippen molar-refractivity contribution in [1.29, 1.82) is 0 Å². The molecule has 2 atom stereocenters. The first kappa shape index (κ1) is 15.3. The summed E-state index contributed by atoms with van der Waals surface area (Å²) in [5, 5.41) is 0.721. The monoisotopic (exact) mass is 270 g/mol. The molecular weight excluding hydrogens is 248 g/mol. The molecule has 2 unspecified atom stereocenters. The van der Waals surface area contributed by atoms with E-state index in [9.17, 15) is 0 Å². The smallest absolute Gasteiger partial charge is 0.122 e. The van der Waals surface area contributed by atoms with Gasteiger partial charge in [-0.15, -0.1) is 0 Å². The van der Waals surface area contributed by atoms with Gasteiger partial charge in [0.1, 0.15) is 5.75 Å². The van der Waals surface area contributed by atoms with Gasteiger partial charge in [-0.1, -0.05) is 32.4 Å². The first-order valence-corrected chi connectivity index (χ1v) is 6.66. The van der Waals surface area contributed by atoms with E-state index in [1.807, 2.05) is 18.2 Å². The van der Waals surface area contributed by atoms with Crippen LogP contribution in [0.2, 0.25) is 5.02 Å². The zero-order chi connectivity index (χ0) is 13.7. The van der Waals surface area contributed by atoms with E-state index in [1.54, 1.807) is 7.11 Å². The van der Waals surface area contributed by atoms with Gasteiger partial charge in [0.15, 0.2) is 0 Å². The number of methoxy groups -OCH3 is 1. The molecule has 1 rings (SSSR count). The van der Waals surface area contributed by atoms with Crippen molar-refractivity contribution in [1.82, 2.24) is 5.43 Å². The zero-order valence-corrected chi connectivity index (χ0v) is 12.3. The fraction of sp³-hybridized carbons (Fsp3) is 0.571. The molecule has 0 aromatic heterocycles. The minimum Gasteiger partial charge on any atom is -0.496 e. The van der Waals surface area contributed by atoms with Crippen LogP contribution >= 0.6 is 11.6 Å². The lowest BCUT2D eigenvalue weighted by atomic mass is 9.87. The van der Waals surface area contributed by atoms with Crippen LogP contribution in [0.3, 0.4) is 0 Å². The second kappa shape index (κ2) is 6.98. The van der Waals surface area contributed by atoms with Crippen LogP contribution in [0.15, 0.2) is 18.2 Å². The van der Waals surface area contributed by atoms with Crippen LogP contribution in [0.1, 0.15) is 26.3 Å². The molecule has 0 saturated carbocycles. The maximum Gasteiger partial charge on any atom is 0.122 e. The number of nitrogens with one attached hydrogen (secondary N) is 1. The number of ether oxygens (including phenoxy) is 1. The Kier molecular flexibility index (Phi) is 5.93. The minimum atomic E-state index is 0.206. The van der Waals surface area contributed by atoms with Crippen molar-refractivity contribution in [2.75, 3.05) is 7.11 Å². The highest BCUT2D eigenvalue weighted by Gasteiger charge is 2.20. The minimum absolute atomic E-state index is 0.206. The number of hydrazine groups is 1. The van der Waals surface area contributed by atoms with Crippen molar-refractivity contribution in [3.63, 3.8) is 0 Å². The Hall–Kier alpha value is -0.770. The first-order chi connectivity index (χ1) is 8.49. The van der Waals surface area contributed by atoms with Crippen molar-refractivity contribution in [2.24, 2.45) is 17.7 Å². The third-order valence-electron chi connectivity index (χ3n) is 3.58. The summed E-state index contributed by atoms with van der Waals surface area (Å²) in [6.07, 6.45) is 0.805. The SMILES string of the molecule is COc1ccc(Cl)cc1CC(NN)C(C)C(C)C. The largest absolute Gasteiger partial charge is 0.496 e. The normalized spacial score (nSPS) is 14.6. The van der Waals surface area contributed by atoms with E-state index < -0.39 is 0 Å². The number of benzene rings is 1. The molecular formula is C14H23ClN2O. The Morgan fingerprint density at radius 2 is 2.00 bits per heavy atom. The molecule has 0 radical (unpaired) electrons. The fourth-order valence-corrected chi connectivity index (χ4v) is 2.20. The van der Waals surface area contributed by atoms with Gasteiger partial charge in [0, 0.05) is 11.1 Å². The van der Waals surface area contributed by atoms with Crippen LogP contribution < -0.4 is 16.0 Å². The molecule has 102 valence electrons. The van der Waals surface area contributed by atoms with Crippen molar-refractivity contribution in [3.05, 3.63) is 28.8 Å². The third kappa shape index (κ3) is 3.87. The molecule has 0 saturated heterocycles. The Morgan fingerprint density at radius 1 is 1.33 bits per heavy atom. The van der Waals surface area contributed by atoms with Gasteiger partial charge in [-0.25, -0.2) is 0 Å². The van der Waals surface area contributed by atoms with Gasteiger partial charge in [-0.3, -0.25) is 11.3 Å². The summed E-state index contributed by atoms with van der Waals surface area (Å²) in [7, 11) is 1.67. The lowest BCUT2D eigenvalue weighted by molar-refractivity contribution is 0.296. The summed E-state index contributed by atoms with van der Waals surface area (Å²) in [6.45, 7) is 6.60. The summed E-state index contributed by atoms with van der Waals surface area (Å²) in [5.74, 6) is 7.56. The zero-order valence-electron chi connectivity index (χ0n) is 11.5. The topological polar surface area (TPSA) is 47.3 Å². The van der Waals surface area contributed by atoms with E-state index in [2.05, 4.69) is 26.2 Å². The lowest BCUT2D eigenvalue weighted by Crippen LogP contribution is -2.43. The first-order valence-electron chi connectivity index (χ1n) is 6.28. The van der Waals surface area contributed by atoms with E-state index in [1.165, 1.54) is 0 Å². The van der Waals surface area contributed by atoms with E-state index in [4.69, 9.17) is 22.2 Å². The standard InChI is InChI=1S/C14H23ClN2O/c1-9(2)10(3)13(17-16)8-11-7-12(15)5-6-14(11)18-4/h5-7,9-10,13,17H,8,16H2,1-4H3. The van der Waals surface area contributed by atoms with Crippen molar-refractivity contribution < 1.29 is 4.74 Å². The number of halogens is 1. The Balaban J connectivity index is 2.90. The summed E-state index contributed by atoms with van der Waals surface area (Å²) in [5.41, 5.74) is 3.99. The van der Waals surface area contributed by atoms with Gasteiger partial charge in [-0.2, -0.15) is 0 Å². The van der Waals surface area contributed by atoms with Gasteiger partial charge >= 0.3 is 0 Å². The molecule has 3 N–H and O–H groups in total. The molecule has 1 aromatic carbocycles. The number of hydrogen-bond donors (Lipinski definition) is 2. The fourth-order valence-electron chi connectivity index (χ4n) is 2.00. The maximum absolute atomic E-state index is 6.04. The molecule has 3 nitrogen and oxygen atoms in total. The highest BCUT2D eigenvalue weighted by molar-refractivity contribution is 6.30. The van der Waals surface area contributed by atoms with Crippen molar-refractivity contribution in [2.45, 2.75) is 33.2 Å². The molecule has 0 spiro atoms. The molecule has 4 heteroatoms. The number of hydrogen-bond acceptors (Lipinski definition) is 3. The van der Waals surface area contributed by atoms with Gasteiger partial charge in [-0.05, 0) is 42.0 Å². The molecule has 0 amide bonds. The average Bonchev–Trinajstić information content (AvgIpc) is 2.35. The van der Waals surface area contributed by atoms with Crippen LogP contribution in [0.4, 0.5) is 0 Å². The molecule has 0 bridgehead atoms. The molecule has 0 aliphatic carbocycles. The number of nitrogens with two attached hydrogens (primary N) is 1. The van der Waals surface area contributed by atoms with Gasteiger partial charge in [0.05, 0.1) is 7.11 Å². The van der Waals surface area contributed by atoms with E-state index in [0.717, 1.165) is 22.8 Å². The average molecular weight is 271 g/mol. The van der Waals surface area contributed by atoms with Crippen LogP contribution in [-0.4, -0.2) is 13.2 Å². The van der Waals surface area contributed by atoms with Crippen LogP contribution in [0.5, 0.6) is 5.75 Å². The molecule has 1 aromatic rings. The predicted molar refractivity (Wildman–Crippen MR) is 76.8 cm³/mol. The summed E-state index contributed by atoms with van der Waals surface area (Å²) < 4.78 is 5.36. The van der Waals surface area contributed by atoms with Crippen molar-refractivity contribution in [3.8, 4) is 5.75 Å². The van der Waals surface area contributed by atoms with Gasteiger partial charge in [0.2, 0.25) is 0 Å².